The number of nitrogens with two attached hydrogens (primary N) is 1. The summed E-state index contributed by atoms with van der Waals surface area (Å²) in [7, 11) is 0.242. The molecular formula is C6H4ClF3N2O4S. The van der Waals surface area contributed by atoms with E-state index >= 15 is 0 Å². The number of nitrogen functional groups attached to an aromatic ring is 1. The van der Waals surface area contributed by atoms with E-state index in [2.05, 4.69) is 9.72 Å². The SMILES string of the molecule is Nc1c(O)cnc(S(=O)(=O)Cl)c1OC(F)(F)F. The highest BCUT2D eigenvalue weighted by Gasteiger charge is 2.36. The summed E-state index contributed by atoms with van der Waals surface area (Å²) in [6.07, 6.45) is -4.67. The van der Waals surface area contributed by atoms with Crippen LogP contribution in [0.15, 0.2) is 11.2 Å². The molecule has 0 aliphatic heterocycles. The van der Waals surface area contributed by atoms with Gasteiger partial charge in [-0.15, -0.1) is 13.2 Å². The van der Waals surface area contributed by atoms with Crippen LogP contribution in [0.3, 0.4) is 0 Å². The second-order valence-corrected chi connectivity index (χ2v) is 5.16. The third-order valence-corrected chi connectivity index (χ3v) is 2.66. The van der Waals surface area contributed by atoms with Gasteiger partial charge in [-0.25, -0.2) is 13.4 Å². The van der Waals surface area contributed by atoms with Crippen LogP contribution in [-0.4, -0.2) is 24.9 Å². The molecule has 3 N–H and O–H groups in total. The maximum absolute atomic E-state index is 12.0. The average Bonchev–Trinajstić information content (AvgIpc) is 2.08. The monoisotopic (exact) mass is 292 g/mol. The van der Waals surface area contributed by atoms with Crippen LogP contribution in [-0.2, 0) is 9.05 Å². The Morgan fingerprint density at radius 3 is 2.41 bits per heavy atom. The smallest absolute Gasteiger partial charge is 0.504 e. The normalized spacial score (nSPS) is 12.5. The lowest BCUT2D eigenvalue weighted by atomic mass is 10.3. The quantitative estimate of drug-likeness (QED) is 0.794. The summed E-state index contributed by atoms with van der Waals surface area (Å²) >= 11 is 0. The van der Waals surface area contributed by atoms with E-state index in [0.717, 1.165) is 0 Å². The minimum absolute atomic E-state index is 0.536. The number of aromatic nitrogens is 1. The summed E-state index contributed by atoms with van der Waals surface area (Å²) in [6, 6.07) is 0. The summed E-state index contributed by atoms with van der Waals surface area (Å²) in [5.41, 5.74) is 4.12. The number of anilines is 1. The van der Waals surface area contributed by atoms with Crippen molar-refractivity contribution in [2.45, 2.75) is 11.4 Å². The van der Waals surface area contributed by atoms with E-state index in [-0.39, 0.29) is 0 Å². The van der Waals surface area contributed by atoms with Gasteiger partial charge in [0.1, 0.15) is 5.69 Å². The molecule has 0 bridgehead atoms. The first-order chi connectivity index (χ1) is 7.52. The van der Waals surface area contributed by atoms with E-state index < -0.39 is 37.6 Å². The Balaban J connectivity index is 3.48. The van der Waals surface area contributed by atoms with Gasteiger partial charge in [-0.3, -0.25) is 0 Å². The van der Waals surface area contributed by atoms with Crippen LogP contribution in [0.2, 0.25) is 0 Å². The van der Waals surface area contributed by atoms with Crippen LogP contribution >= 0.6 is 10.7 Å². The molecule has 0 unspecified atom stereocenters. The van der Waals surface area contributed by atoms with Gasteiger partial charge in [0.05, 0.1) is 6.20 Å². The zero-order valence-electron chi connectivity index (χ0n) is 7.69. The molecule has 0 fully saturated rings. The van der Waals surface area contributed by atoms with Gasteiger partial charge in [-0.1, -0.05) is 0 Å². The Labute approximate surface area is 97.2 Å². The van der Waals surface area contributed by atoms with E-state index in [1.807, 2.05) is 0 Å². The lowest BCUT2D eigenvalue weighted by molar-refractivity contribution is -0.275. The van der Waals surface area contributed by atoms with Crippen molar-refractivity contribution in [1.82, 2.24) is 4.98 Å². The minimum Gasteiger partial charge on any atom is -0.504 e. The van der Waals surface area contributed by atoms with Crippen molar-refractivity contribution in [3.05, 3.63) is 6.20 Å². The molecule has 0 atom stereocenters. The van der Waals surface area contributed by atoms with Crippen LogP contribution in [0.1, 0.15) is 0 Å². The number of ether oxygens (including phenoxy) is 1. The first-order valence-corrected chi connectivity index (χ1v) is 6.01. The van der Waals surface area contributed by atoms with Crippen molar-refractivity contribution < 1.29 is 31.4 Å². The molecule has 96 valence electrons. The average molecular weight is 293 g/mol. The van der Waals surface area contributed by atoms with Crippen molar-refractivity contribution in [3.63, 3.8) is 0 Å². The zero-order valence-corrected chi connectivity index (χ0v) is 9.27. The number of pyridine rings is 1. The number of hydrogen-bond acceptors (Lipinski definition) is 6. The predicted molar refractivity (Wildman–Crippen MR) is 50.0 cm³/mol. The molecule has 6 nitrogen and oxygen atoms in total. The molecule has 17 heavy (non-hydrogen) atoms. The Bertz CT molecular complexity index is 545. The van der Waals surface area contributed by atoms with E-state index in [1.54, 1.807) is 0 Å². The fourth-order valence-electron chi connectivity index (χ4n) is 0.868. The first kappa shape index (κ1) is 13.6. The Hall–Kier alpha value is -1.42. The van der Waals surface area contributed by atoms with Crippen molar-refractivity contribution in [1.29, 1.82) is 0 Å². The molecule has 0 aromatic carbocycles. The molecule has 1 aromatic heterocycles. The number of hydrogen-bond donors (Lipinski definition) is 2. The van der Waals surface area contributed by atoms with Crippen LogP contribution in [0.4, 0.5) is 18.9 Å². The summed E-state index contributed by atoms with van der Waals surface area (Å²) in [5, 5.41) is 7.78. The van der Waals surface area contributed by atoms with Crippen molar-refractivity contribution in [2.75, 3.05) is 5.73 Å². The Morgan fingerprint density at radius 1 is 1.47 bits per heavy atom. The maximum Gasteiger partial charge on any atom is 0.573 e. The number of nitrogens with zero attached hydrogens (tertiary/aromatic N) is 1. The van der Waals surface area contributed by atoms with Crippen LogP contribution in [0.25, 0.3) is 0 Å². The Morgan fingerprint density at radius 2 is 2.00 bits per heavy atom. The number of alkyl halides is 3. The standard InChI is InChI=1S/C6H4ClF3N2O4S/c7-17(14,15)5-4(16-6(8,9)10)3(11)2(13)1-12-5/h1,13H,(H2,11,12). The highest BCUT2D eigenvalue weighted by atomic mass is 35.7. The van der Waals surface area contributed by atoms with Gasteiger partial charge in [-0.2, -0.15) is 0 Å². The summed E-state index contributed by atoms with van der Waals surface area (Å²) < 4.78 is 61.2. The number of halogens is 4. The van der Waals surface area contributed by atoms with Crippen LogP contribution < -0.4 is 10.5 Å². The molecule has 0 spiro atoms. The molecule has 11 heteroatoms. The largest absolute Gasteiger partial charge is 0.573 e. The van der Waals surface area contributed by atoms with Crippen molar-refractivity contribution in [2.24, 2.45) is 0 Å². The van der Waals surface area contributed by atoms with E-state index in [1.165, 1.54) is 0 Å². The zero-order chi connectivity index (χ0) is 13.4. The fraction of sp³-hybridized carbons (Fsp3) is 0.167. The molecule has 1 rings (SSSR count). The second-order valence-electron chi connectivity index (χ2n) is 2.68. The molecule has 0 aliphatic rings. The first-order valence-electron chi connectivity index (χ1n) is 3.70. The van der Waals surface area contributed by atoms with E-state index in [4.69, 9.17) is 21.5 Å². The lowest BCUT2D eigenvalue weighted by Gasteiger charge is -2.13. The van der Waals surface area contributed by atoms with Crippen LogP contribution in [0, 0.1) is 0 Å². The third-order valence-electron chi connectivity index (χ3n) is 1.47. The minimum atomic E-state index is -5.21. The lowest BCUT2D eigenvalue weighted by Crippen LogP contribution is -2.20. The van der Waals surface area contributed by atoms with Gasteiger partial charge < -0.3 is 15.6 Å². The summed E-state index contributed by atoms with van der Waals surface area (Å²) in [5.74, 6) is -2.24. The second kappa shape index (κ2) is 4.11. The number of aromatic hydroxyl groups is 1. The summed E-state index contributed by atoms with van der Waals surface area (Å²) in [4.78, 5) is 3.02. The molecule has 0 radical (unpaired) electrons. The van der Waals surface area contributed by atoms with Crippen LogP contribution in [0.5, 0.6) is 11.5 Å². The van der Waals surface area contributed by atoms with Gasteiger partial charge in [-0.05, 0) is 0 Å². The highest BCUT2D eigenvalue weighted by Crippen LogP contribution is 2.39. The van der Waals surface area contributed by atoms with Crippen molar-refractivity contribution in [3.8, 4) is 11.5 Å². The fourth-order valence-corrected chi connectivity index (χ4v) is 1.75. The molecule has 0 aliphatic carbocycles. The van der Waals surface area contributed by atoms with E-state index in [9.17, 15) is 21.6 Å². The molecule has 0 saturated carbocycles. The highest BCUT2D eigenvalue weighted by molar-refractivity contribution is 8.13. The van der Waals surface area contributed by atoms with Crippen molar-refractivity contribution >= 4 is 25.4 Å². The molecule has 0 amide bonds. The Kier molecular flexibility index (Phi) is 3.30. The molecule has 1 aromatic rings. The summed E-state index contributed by atoms with van der Waals surface area (Å²) in [6.45, 7) is 0. The van der Waals surface area contributed by atoms with Gasteiger partial charge in [0.2, 0.25) is 5.03 Å². The predicted octanol–water partition coefficient (Wildman–Crippen LogP) is 1.20. The van der Waals surface area contributed by atoms with Gasteiger partial charge in [0, 0.05) is 10.7 Å². The van der Waals surface area contributed by atoms with Gasteiger partial charge in [0.25, 0.3) is 9.05 Å². The van der Waals surface area contributed by atoms with E-state index in [0.29, 0.717) is 6.20 Å². The number of rotatable bonds is 2. The maximum atomic E-state index is 12.0. The van der Waals surface area contributed by atoms with Gasteiger partial charge in [0.15, 0.2) is 11.5 Å². The molecule has 0 saturated heterocycles. The topological polar surface area (TPSA) is 103 Å². The van der Waals surface area contributed by atoms with Gasteiger partial charge >= 0.3 is 6.36 Å². The third kappa shape index (κ3) is 3.27. The molecular weight excluding hydrogens is 289 g/mol. The molecule has 1 heterocycles.